The molecule has 0 radical (unpaired) electrons. The van der Waals surface area contributed by atoms with Gasteiger partial charge >= 0.3 is 5.69 Å². The quantitative estimate of drug-likeness (QED) is 0.0919. The van der Waals surface area contributed by atoms with Gasteiger partial charge in [0.1, 0.15) is 12.2 Å². The molecule has 42 heavy (non-hydrogen) atoms. The fourth-order valence-electron chi connectivity index (χ4n) is 4.36. The summed E-state index contributed by atoms with van der Waals surface area (Å²) in [6, 6.07) is 24.7. The van der Waals surface area contributed by atoms with Crippen molar-refractivity contribution in [3.05, 3.63) is 130 Å². The lowest BCUT2D eigenvalue weighted by Gasteiger charge is -2.11. The molecule has 208 valence electrons. The minimum Gasteiger partial charge on any atom is -0.481 e. The van der Waals surface area contributed by atoms with Crippen LogP contribution in [0.15, 0.2) is 113 Å². The smallest absolute Gasteiger partial charge is 0.312 e. The first kappa shape index (κ1) is 28.0. The molecular weight excluding hydrogens is 736 g/mol. The molecule has 0 N–H and O–H groups in total. The molecule has 0 aliphatic carbocycles. The summed E-state index contributed by atoms with van der Waals surface area (Å²) in [5.74, 6) is 0.506. The largest absolute Gasteiger partial charge is 0.481 e. The highest BCUT2D eigenvalue weighted by Crippen LogP contribution is 2.35. The highest BCUT2D eigenvalue weighted by molar-refractivity contribution is 9.11. The van der Waals surface area contributed by atoms with Crippen molar-refractivity contribution < 1.29 is 14.1 Å². The van der Waals surface area contributed by atoms with Crippen LogP contribution in [-0.2, 0) is 6.61 Å². The third-order valence-corrected chi connectivity index (χ3v) is 7.80. The zero-order valence-electron chi connectivity index (χ0n) is 21.3. The first-order chi connectivity index (χ1) is 20.3. The number of ether oxygens (including phenoxy) is 1. The lowest BCUT2D eigenvalue weighted by atomic mass is 10.2. The molecule has 0 atom stereocenters. The van der Waals surface area contributed by atoms with Crippen LogP contribution in [0.1, 0.15) is 11.1 Å². The van der Waals surface area contributed by atoms with Crippen molar-refractivity contribution in [3.8, 4) is 17.3 Å². The van der Waals surface area contributed by atoms with Crippen molar-refractivity contribution >= 4 is 81.6 Å². The van der Waals surface area contributed by atoms with Gasteiger partial charge in [0.15, 0.2) is 5.76 Å². The molecule has 0 bridgehead atoms. The number of hydrogen-bond donors (Lipinski definition) is 0. The molecule has 0 aliphatic heterocycles. The molecule has 0 spiro atoms. The van der Waals surface area contributed by atoms with E-state index in [2.05, 4.69) is 52.9 Å². The molecule has 0 aliphatic rings. The monoisotopic (exact) mass is 750 g/mol. The van der Waals surface area contributed by atoms with Crippen LogP contribution in [0, 0.1) is 10.1 Å². The number of furan rings is 1. The Hall–Kier alpha value is -4.13. The van der Waals surface area contributed by atoms with Gasteiger partial charge < -0.3 is 9.15 Å². The first-order valence-electron chi connectivity index (χ1n) is 12.4. The van der Waals surface area contributed by atoms with Gasteiger partial charge in [-0.3, -0.25) is 14.9 Å². The number of benzene rings is 4. The Kier molecular flexibility index (Phi) is 7.76. The fraction of sp³-hybridized carbons (Fsp3) is 0.0333. The molecule has 6 rings (SSSR count). The number of hydrogen-bond acceptors (Lipinski definition) is 7. The van der Waals surface area contributed by atoms with Crippen molar-refractivity contribution in [1.82, 2.24) is 9.66 Å². The summed E-state index contributed by atoms with van der Waals surface area (Å²) in [4.78, 5) is 29.8. The van der Waals surface area contributed by atoms with Gasteiger partial charge in [-0.25, -0.2) is 4.98 Å². The summed E-state index contributed by atoms with van der Waals surface area (Å²) in [6.07, 6.45) is 1.34. The van der Waals surface area contributed by atoms with Crippen molar-refractivity contribution in [3.63, 3.8) is 0 Å². The van der Waals surface area contributed by atoms with Crippen LogP contribution in [0.2, 0.25) is 0 Å². The van der Waals surface area contributed by atoms with E-state index in [1.54, 1.807) is 36.4 Å². The summed E-state index contributed by atoms with van der Waals surface area (Å²) in [6.45, 7) is 0.0772. The Morgan fingerprint density at radius 3 is 2.50 bits per heavy atom. The summed E-state index contributed by atoms with van der Waals surface area (Å²) in [7, 11) is 0. The molecule has 9 nitrogen and oxygen atoms in total. The highest BCUT2D eigenvalue weighted by Gasteiger charge is 2.22. The number of halogens is 3. The Labute approximate surface area is 263 Å². The van der Waals surface area contributed by atoms with E-state index in [0.29, 0.717) is 26.7 Å². The summed E-state index contributed by atoms with van der Waals surface area (Å²) in [5.41, 5.74) is 1.49. The molecule has 4 aromatic carbocycles. The maximum absolute atomic E-state index is 13.7. The van der Waals surface area contributed by atoms with E-state index < -0.39 is 10.5 Å². The molecule has 6 aromatic rings. The third kappa shape index (κ3) is 5.65. The predicted molar refractivity (Wildman–Crippen MR) is 171 cm³/mol. The van der Waals surface area contributed by atoms with Gasteiger partial charge in [-0.2, -0.15) is 9.78 Å². The molecule has 12 heteroatoms. The zero-order chi connectivity index (χ0) is 29.4. The normalized spacial score (nSPS) is 11.5. The summed E-state index contributed by atoms with van der Waals surface area (Å²) >= 11 is 10.2. The fourth-order valence-corrected chi connectivity index (χ4v) is 5.47. The average Bonchev–Trinajstić information content (AvgIpc) is 3.39. The number of fused-ring (bicyclic) bond motifs is 2. The van der Waals surface area contributed by atoms with Crippen molar-refractivity contribution in [1.29, 1.82) is 0 Å². The van der Waals surface area contributed by atoms with E-state index in [4.69, 9.17) is 14.1 Å². The van der Waals surface area contributed by atoms with Gasteiger partial charge in [-0.15, -0.1) is 0 Å². The summed E-state index contributed by atoms with van der Waals surface area (Å²) in [5, 5.41) is 17.6. The second kappa shape index (κ2) is 11.6. The Morgan fingerprint density at radius 2 is 1.71 bits per heavy atom. The molecule has 0 fully saturated rings. The van der Waals surface area contributed by atoms with Gasteiger partial charge in [0.2, 0.25) is 11.6 Å². The minimum atomic E-state index is -0.527. The highest BCUT2D eigenvalue weighted by atomic mass is 79.9. The average molecular weight is 753 g/mol. The van der Waals surface area contributed by atoms with Crippen LogP contribution in [0.3, 0.4) is 0 Å². The van der Waals surface area contributed by atoms with Gasteiger partial charge in [-0.05, 0) is 60.2 Å². The predicted octanol–water partition coefficient (Wildman–Crippen LogP) is 8.47. The van der Waals surface area contributed by atoms with Crippen molar-refractivity contribution in [2.75, 3.05) is 0 Å². The maximum atomic E-state index is 13.7. The van der Waals surface area contributed by atoms with Crippen LogP contribution in [-0.4, -0.2) is 20.8 Å². The topological polar surface area (TPSA) is 113 Å². The van der Waals surface area contributed by atoms with E-state index in [1.807, 2.05) is 42.5 Å². The standard InChI is InChI=1S/C30H17Br3N4O5/c31-20-7-5-17(6-8-20)16-41-28-19(12-22(33)14-25(28)37(39)40)15-34-36-29(35-24-4-2-1-3-23(24)30(36)38)27-13-18-11-21(32)9-10-26(18)42-27/h1-15H,16H2. The Balaban J connectivity index is 1.49. The van der Waals surface area contributed by atoms with Crippen LogP contribution in [0.25, 0.3) is 33.5 Å². The van der Waals surface area contributed by atoms with E-state index in [0.717, 1.165) is 24.6 Å². The van der Waals surface area contributed by atoms with Crippen LogP contribution in [0.4, 0.5) is 5.69 Å². The zero-order valence-corrected chi connectivity index (χ0v) is 26.1. The molecule has 0 amide bonds. The van der Waals surface area contributed by atoms with Crippen LogP contribution < -0.4 is 10.3 Å². The minimum absolute atomic E-state index is 0.00630. The number of nitro benzene ring substituents is 1. The van der Waals surface area contributed by atoms with Crippen molar-refractivity contribution in [2.45, 2.75) is 6.61 Å². The number of para-hydroxylation sites is 1. The van der Waals surface area contributed by atoms with Gasteiger partial charge in [0.05, 0.1) is 22.0 Å². The second-order valence-corrected chi connectivity index (χ2v) is 11.9. The van der Waals surface area contributed by atoms with Crippen molar-refractivity contribution in [2.24, 2.45) is 5.10 Å². The Bertz CT molecular complexity index is 2090. The lowest BCUT2D eigenvalue weighted by Crippen LogP contribution is -2.20. The lowest BCUT2D eigenvalue weighted by molar-refractivity contribution is -0.386. The number of rotatable bonds is 7. The molecular formula is C30H17Br3N4O5. The second-order valence-electron chi connectivity index (χ2n) is 9.12. The third-order valence-electron chi connectivity index (χ3n) is 6.32. The van der Waals surface area contributed by atoms with E-state index in [9.17, 15) is 14.9 Å². The molecule has 2 heterocycles. The number of nitro groups is 1. The van der Waals surface area contributed by atoms with Gasteiger partial charge in [0.25, 0.3) is 5.56 Å². The number of aromatic nitrogens is 2. The molecule has 2 aromatic heterocycles. The summed E-state index contributed by atoms with van der Waals surface area (Å²) < 4.78 is 15.4. The van der Waals surface area contributed by atoms with Gasteiger partial charge in [-0.1, -0.05) is 72.1 Å². The molecule has 0 unspecified atom stereocenters. The first-order valence-corrected chi connectivity index (χ1v) is 14.8. The van der Waals surface area contributed by atoms with Gasteiger partial charge in [0, 0.05) is 30.4 Å². The van der Waals surface area contributed by atoms with E-state index >= 15 is 0 Å². The number of nitrogens with zero attached hydrogens (tertiary/aromatic N) is 4. The van der Waals surface area contributed by atoms with Crippen LogP contribution >= 0.6 is 47.8 Å². The Morgan fingerprint density at radius 1 is 0.952 bits per heavy atom. The molecule has 0 saturated heterocycles. The molecule has 0 saturated carbocycles. The SMILES string of the molecule is O=c1c2ccccc2nc(-c2cc3cc(Br)ccc3o2)n1N=Cc1cc(Br)cc([N+](=O)[O-])c1OCc1ccc(Br)cc1. The maximum Gasteiger partial charge on any atom is 0.312 e. The van der Waals surface area contributed by atoms with E-state index in [1.165, 1.54) is 12.3 Å². The van der Waals surface area contributed by atoms with Crippen LogP contribution in [0.5, 0.6) is 5.75 Å². The van der Waals surface area contributed by atoms with E-state index in [-0.39, 0.29) is 29.4 Å².